The van der Waals surface area contributed by atoms with Crippen LogP contribution in [0.25, 0.3) is 0 Å². The van der Waals surface area contributed by atoms with Gasteiger partial charge in [0.15, 0.2) is 0 Å². The molecule has 1 aliphatic heterocycles. The Morgan fingerprint density at radius 2 is 2.26 bits per heavy atom. The van der Waals surface area contributed by atoms with Gasteiger partial charge < -0.3 is 5.11 Å². The highest BCUT2D eigenvalue weighted by Crippen LogP contribution is 2.19. The monoisotopic (exact) mass is 285 g/mol. The summed E-state index contributed by atoms with van der Waals surface area (Å²) >= 11 is 0. The number of piperidine rings is 1. The third-order valence-electron chi connectivity index (χ3n) is 3.25. The van der Waals surface area contributed by atoms with Gasteiger partial charge in [0.2, 0.25) is 0 Å². The minimum atomic E-state index is -3.56. The molecule has 7 heteroatoms. The Bertz CT molecular complexity index is 492. The van der Waals surface area contributed by atoms with E-state index in [2.05, 4.69) is 9.71 Å². The zero-order valence-electron chi connectivity index (χ0n) is 10.7. The molecule has 106 valence electrons. The van der Waals surface area contributed by atoms with Gasteiger partial charge in [-0.3, -0.25) is 4.98 Å². The van der Waals surface area contributed by atoms with Crippen LogP contribution >= 0.6 is 0 Å². The van der Waals surface area contributed by atoms with E-state index in [0.29, 0.717) is 18.7 Å². The molecule has 6 nitrogen and oxygen atoms in total. The van der Waals surface area contributed by atoms with Gasteiger partial charge in [0.05, 0.1) is 18.8 Å². The van der Waals surface area contributed by atoms with Crippen LogP contribution in [0, 0.1) is 0 Å². The molecule has 1 aromatic heterocycles. The smallest absolute Gasteiger partial charge is 0.280 e. The zero-order valence-corrected chi connectivity index (χ0v) is 11.5. The first-order chi connectivity index (χ1) is 9.13. The molecule has 1 saturated heterocycles. The molecule has 0 bridgehead atoms. The van der Waals surface area contributed by atoms with E-state index in [1.165, 1.54) is 4.31 Å². The first-order valence-corrected chi connectivity index (χ1v) is 7.84. The van der Waals surface area contributed by atoms with Gasteiger partial charge in [0.25, 0.3) is 10.2 Å². The van der Waals surface area contributed by atoms with Crippen LogP contribution in [-0.4, -0.2) is 42.0 Å². The fourth-order valence-electron chi connectivity index (χ4n) is 2.22. The quantitative estimate of drug-likeness (QED) is 0.813. The fourth-order valence-corrected chi connectivity index (χ4v) is 3.65. The largest absolute Gasteiger partial charge is 0.395 e. The van der Waals surface area contributed by atoms with Crippen molar-refractivity contribution < 1.29 is 13.5 Å². The second-order valence-corrected chi connectivity index (χ2v) is 6.30. The van der Waals surface area contributed by atoms with Crippen molar-refractivity contribution in [3.8, 4) is 0 Å². The first kappa shape index (κ1) is 14.4. The number of nitrogens with zero attached hydrogens (tertiary/aromatic N) is 2. The lowest BCUT2D eigenvalue weighted by Crippen LogP contribution is -2.50. The van der Waals surface area contributed by atoms with Gasteiger partial charge in [0, 0.05) is 18.8 Å². The Balaban J connectivity index is 2.01. The second-order valence-electron chi connectivity index (χ2n) is 4.59. The Labute approximate surface area is 113 Å². The van der Waals surface area contributed by atoms with Crippen molar-refractivity contribution in [3.05, 3.63) is 30.1 Å². The minimum absolute atomic E-state index is 0.134. The second kappa shape index (κ2) is 6.42. The van der Waals surface area contributed by atoms with Crippen LogP contribution < -0.4 is 4.72 Å². The van der Waals surface area contributed by atoms with Crippen molar-refractivity contribution in [2.75, 3.05) is 13.2 Å². The minimum Gasteiger partial charge on any atom is -0.395 e. The molecular formula is C12H19N3O3S. The van der Waals surface area contributed by atoms with Gasteiger partial charge in [-0.25, -0.2) is 0 Å². The maximum absolute atomic E-state index is 12.2. The third-order valence-corrected chi connectivity index (χ3v) is 4.86. The molecule has 19 heavy (non-hydrogen) atoms. The Morgan fingerprint density at radius 1 is 1.42 bits per heavy atom. The van der Waals surface area contributed by atoms with Gasteiger partial charge in [-0.15, -0.1) is 0 Å². The number of hydrogen-bond donors (Lipinski definition) is 2. The molecule has 0 amide bonds. The van der Waals surface area contributed by atoms with Crippen molar-refractivity contribution in [1.29, 1.82) is 0 Å². The van der Waals surface area contributed by atoms with Crippen LogP contribution in [-0.2, 0) is 16.8 Å². The van der Waals surface area contributed by atoms with Gasteiger partial charge in [-0.05, 0) is 25.0 Å². The lowest BCUT2D eigenvalue weighted by molar-refractivity contribution is 0.154. The van der Waals surface area contributed by atoms with E-state index in [1.54, 1.807) is 18.3 Å². The lowest BCUT2D eigenvalue weighted by Gasteiger charge is -2.33. The lowest BCUT2D eigenvalue weighted by atomic mass is 10.1. The average molecular weight is 285 g/mol. The molecule has 2 N–H and O–H groups in total. The first-order valence-electron chi connectivity index (χ1n) is 6.40. The van der Waals surface area contributed by atoms with Crippen molar-refractivity contribution in [3.63, 3.8) is 0 Å². The number of pyridine rings is 1. The number of aliphatic hydroxyl groups excluding tert-OH is 1. The summed E-state index contributed by atoms with van der Waals surface area (Å²) in [5.41, 5.74) is 0.670. The third kappa shape index (κ3) is 3.73. The van der Waals surface area contributed by atoms with Gasteiger partial charge in [-0.2, -0.15) is 17.4 Å². The predicted octanol–water partition coefficient (Wildman–Crippen LogP) is 0.263. The number of aromatic nitrogens is 1. The Morgan fingerprint density at radius 3 is 2.95 bits per heavy atom. The maximum atomic E-state index is 12.2. The Hall–Kier alpha value is -1.02. The van der Waals surface area contributed by atoms with Gasteiger partial charge in [-0.1, -0.05) is 12.5 Å². The van der Waals surface area contributed by atoms with Crippen molar-refractivity contribution >= 4 is 10.2 Å². The van der Waals surface area contributed by atoms with E-state index in [-0.39, 0.29) is 19.2 Å². The van der Waals surface area contributed by atoms with Gasteiger partial charge >= 0.3 is 0 Å². The van der Waals surface area contributed by atoms with Crippen LogP contribution in [0.4, 0.5) is 0 Å². The van der Waals surface area contributed by atoms with E-state index >= 15 is 0 Å². The van der Waals surface area contributed by atoms with Crippen LogP contribution in [0.5, 0.6) is 0 Å². The summed E-state index contributed by atoms with van der Waals surface area (Å²) < 4.78 is 28.3. The van der Waals surface area contributed by atoms with Crippen molar-refractivity contribution in [2.24, 2.45) is 0 Å². The van der Waals surface area contributed by atoms with E-state index in [1.807, 2.05) is 6.07 Å². The molecule has 1 fully saturated rings. The van der Waals surface area contributed by atoms with Crippen LogP contribution in [0.2, 0.25) is 0 Å². The molecule has 0 aliphatic carbocycles. The maximum Gasteiger partial charge on any atom is 0.280 e. The van der Waals surface area contributed by atoms with Crippen LogP contribution in [0.1, 0.15) is 25.0 Å². The predicted molar refractivity (Wildman–Crippen MR) is 71.4 cm³/mol. The van der Waals surface area contributed by atoms with E-state index in [4.69, 9.17) is 0 Å². The molecule has 0 aromatic carbocycles. The molecule has 0 radical (unpaired) electrons. The number of nitrogens with one attached hydrogen (secondary N) is 1. The summed E-state index contributed by atoms with van der Waals surface area (Å²) in [6.45, 7) is 0.491. The zero-order chi connectivity index (χ0) is 13.7. The summed E-state index contributed by atoms with van der Waals surface area (Å²) in [6.07, 6.45) is 4.13. The molecule has 2 rings (SSSR count). The van der Waals surface area contributed by atoms with Crippen molar-refractivity contribution in [1.82, 2.24) is 14.0 Å². The molecular weight excluding hydrogens is 266 g/mol. The van der Waals surface area contributed by atoms with E-state index < -0.39 is 10.2 Å². The van der Waals surface area contributed by atoms with Gasteiger partial charge in [0.1, 0.15) is 0 Å². The summed E-state index contributed by atoms with van der Waals surface area (Å²) in [4.78, 5) is 4.07. The molecule has 0 spiro atoms. The van der Waals surface area contributed by atoms with Crippen LogP contribution in [0.15, 0.2) is 24.4 Å². The SMILES string of the molecule is O=S(=O)(NCc1ccccn1)N1CCCCC1CO. The molecule has 0 saturated carbocycles. The molecule has 1 atom stereocenters. The van der Waals surface area contributed by atoms with Crippen LogP contribution in [0.3, 0.4) is 0 Å². The fraction of sp³-hybridized carbons (Fsp3) is 0.583. The average Bonchev–Trinajstić information content (AvgIpc) is 2.46. The topological polar surface area (TPSA) is 82.5 Å². The van der Waals surface area contributed by atoms with E-state index in [0.717, 1.165) is 12.8 Å². The highest BCUT2D eigenvalue weighted by Gasteiger charge is 2.31. The molecule has 2 heterocycles. The highest BCUT2D eigenvalue weighted by atomic mass is 32.2. The summed E-state index contributed by atoms with van der Waals surface area (Å²) in [5, 5.41) is 9.26. The standard InChI is InChI=1S/C12H19N3O3S/c16-10-12-6-2-4-8-15(12)19(17,18)14-9-11-5-1-3-7-13-11/h1,3,5,7,12,14,16H,2,4,6,8-10H2. The number of aliphatic hydroxyl groups is 1. The summed E-state index contributed by atoms with van der Waals surface area (Å²) in [5.74, 6) is 0. The number of hydrogen-bond acceptors (Lipinski definition) is 4. The molecule has 1 aliphatic rings. The van der Waals surface area contributed by atoms with Crippen molar-refractivity contribution in [2.45, 2.75) is 31.8 Å². The summed E-state index contributed by atoms with van der Waals surface area (Å²) in [6, 6.07) is 5.05. The molecule has 1 aromatic rings. The van der Waals surface area contributed by atoms with E-state index in [9.17, 15) is 13.5 Å². The summed E-state index contributed by atoms with van der Waals surface area (Å²) in [7, 11) is -3.56. The Kier molecular flexibility index (Phi) is 4.87. The normalized spacial score (nSPS) is 21.4. The molecule has 1 unspecified atom stereocenters. The highest BCUT2D eigenvalue weighted by molar-refractivity contribution is 7.87. The number of rotatable bonds is 5.